The van der Waals surface area contributed by atoms with Crippen molar-refractivity contribution in [1.82, 2.24) is 0 Å². The third-order valence-corrected chi connectivity index (χ3v) is 5.32. The van der Waals surface area contributed by atoms with Crippen molar-refractivity contribution in [2.75, 3.05) is 6.61 Å². The second-order valence-corrected chi connectivity index (χ2v) is 9.25. The summed E-state index contributed by atoms with van der Waals surface area (Å²) in [4.78, 5) is 25.0. The number of carbonyl (C=O) groups is 2. The Hall–Kier alpha value is -2.91. The van der Waals surface area contributed by atoms with Crippen LogP contribution in [0.2, 0.25) is 0 Å². The topological polar surface area (TPSA) is 122 Å². The molecule has 0 saturated heterocycles. The van der Waals surface area contributed by atoms with Crippen LogP contribution in [-0.2, 0) is 29.2 Å². The predicted octanol–water partition coefficient (Wildman–Crippen LogP) is 2.77. The molecule has 31 heavy (non-hydrogen) atoms. The number of carbonyl (C=O) groups excluding carboxylic acids is 2. The van der Waals surface area contributed by atoms with E-state index in [1.165, 1.54) is 36.4 Å². The molecule has 0 radical (unpaired) electrons. The summed E-state index contributed by atoms with van der Waals surface area (Å²) in [6, 6.07) is 12.1. The van der Waals surface area contributed by atoms with E-state index >= 15 is 0 Å². The lowest BCUT2D eigenvalue weighted by atomic mass is 9.91. The molecule has 2 aromatic carbocycles. The first kappa shape index (κ1) is 24.4. The molecule has 2 unspecified atom stereocenters. The molecule has 0 bridgehead atoms. The van der Waals surface area contributed by atoms with Crippen LogP contribution >= 0.6 is 0 Å². The molecular weight excluding hydrogens is 422 g/mol. The molecule has 0 heterocycles. The van der Waals surface area contributed by atoms with Gasteiger partial charge in [0.2, 0.25) is 0 Å². The Morgan fingerprint density at radius 3 is 2.06 bits per heavy atom. The lowest BCUT2D eigenvalue weighted by molar-refractivity contribution is -0.161. The fraction of sp³-hybridized carbons (Fsp3) is 0.364. The van der Waals surface area contributed by atoms with Crippen LogP contribution in [0.15, 0.2) is 59.5 Å². The molecule has 2 atom stereocenters. The zero-order valence-electron chi connectivity index (χ0n) is 17.9. The molecule has 0 aliphatic heterocycles. The largest absolute Gasteiger partial charge is 0.465 e. The van der Waals surface area contributed by atoms with Crippen molar-refractivity contribution in [2.45, 2.75) is 50.2 Å². The first-order valence-electron chi connectivity index (χ1n) is 9.69. The van der Waals surface area contributed by atoms with Crippen molar-refractivity contribution < 1.29 is 31.7 Å². The number of esters is 2. The van der Waals surface area contributed by atoms with Crippen molar-refractivity contribution in [2.24, 2.45) is 5.73 Å². The SMILES string of the molecule is CCOC(=O)C(c1ccc(OS(=O)(=O)c2ccccc2)cc1)C(N)C(=O)OC(C)(C)C. The van der Waals surface area contributed by atoms with Crippen molar-refractivity contribution in [1.29, 1.82) is 0 Å². The average Bonchev–Trinajstić information content (AvgIpc) is 2.69. The maximum atomic E-state index is 12.5. The molecule has 0 fully saturated rings. The van der Waals surface area contributed by atoms with Gasteiger partial charge in [0.25, 0.3) is 0 Å². The van der Waals surface area contributed by atoms with E-state index in [2.05, 4.69) is 0 Å². The minimum atomic E-state index is -4.01. The molecule has 0 aliphatic rings. The Kier molecular flexibility index (Phi) is 7.80. The van der Waals surface area contributed by atoms with Crippen LogP contribution in [0.25, 0.3) is 0 Å². The Balaban J connectivity index is 2.27. The Morgan fingerprint density at radius 2 is 1.55 bits per heavy atom. The standard InChI is InChI=1S/C22H27NO7S/c1-5-28-20(24)18(19(23)21(25)29-22(2,3)4)15-11-13-16(14-12-15)30-31(26,27)17-9-7-6-8-10-17/h6-14,18-19H,5,23H2,1-4H3. The summed E-state index contributed by atoms with van der Waals surface area (Å²) in [6.45, 7) is 6.81. The van der Waals surface area contributed by atoms with Crippen LogP contribution in [0.4, 0.5) is 0 Å². The molecule has 2 N–H and O–H groups in total. The number of hydrogen-bond acceptors (Lipinski definition) is 8. The van der Waals surface area contributed by atoms with Crippen LogP contribution in [-0.4, -0.2) is 38.6 Å². The van der Waals surface area contributed by atoms with E-state index in [1.54, 1.807) is 45.9 Å². The summed E-state index contributed by atoms with van der Waals surface area (Å²) < 4.78 is 40.2. The zero-order chi connectivity index (χ0) is 23.2. The highest BCUT2D eigenvalue weighted by Gasteiger charge is 2.36. The van der Waals surface area contributed by atoms with Crippen LogP contribution in [0.5, 0.6) is 5.75 Å². The van der Waals surface area contributed by atoms with Gasteiger partial charge in [0.1, 0.15) is 28.2 Å². The van der Waals surface area contributed by atoms with Crippen LogP contribution in [0, 0.1) is 0 Å². The van der Waals surface area contributed by atoms with Gasteiger partial charge < -0.3 is 19.4 Å². The lowest BCUT2D eigenvalue weighted by Crippen LogP contribution is -2.44. The number of benzene rings is 2. The number of rotatable bonds is 8. The maximum absolute atomic E-state index is 12.5. The summed E-state index contributed by atoms with van der Waals surface area (Å²) >= 11 is 0. The molecule has 0 aromatic heterocycles. The van der Waals surface area contributed by atoms with E-state index in [-0.39, 0.29) is 17.3 Å². The minimum absolute atomic E-state index is 0.00965. The van der Waals surface area contributed by atoms with Gasteiger partial charge >= 0.3 is 22.1 Å². The predicted molar refractivity (Wildman–Crippen MR) is 114 cm³/mol. The van der Waals surface area contributed by atoms with Crippen molar-refractivity contribution in [3.05, 3.63) is 60.2 Å². The zero-order valence-corrected chi connectivity index (χ0v) is 18.7. The van der Waals surface area contributed by atoms with Crippen molar-refractivity contribution in [3.63, 3.8) is 0 Å². The highest BCUT2D eigenvalue weighted by molar-refractivity contribution is 7.87. The normalized spacial score (nSPS) is 13.7. The summed E-state index contributed by atoms with van der Waals surface area (Å²) in [5.41, 5.74) is 5.63. The van der Waals surface area contributed by atoms with E-state index in [9.17, 15) is 18.0 Å². The number of nitrogens with two attached hydrogens (primary N) is 1. The summed E-state index contributed by atoms with van der Waals surface area (Å²) in [5, 5.41) is 0. The first-order chi connectivity index (χ1) is 14.4. The third-order valence-electron chi connectivity index (χ3n) is 4.06. The summed E-state index contributed by atoms with van der Waals surface area (Å²) in [6.07, 6.45) is 0. The molecular formula is C22H27NO7S. The molecule has 0 amide bonds. The highest BCUT2D eigenvalue weighted by Crippen LogP contribution is 2.26. The fourth-order valence-electron chi connectivity index (χ4n) is 2.72. The van der Waals surface area contributed by atoms with Gasteiger partial charge in [0.15, 0.2) is 0 Å². The van der Waals surface area contributed by atoms with E-state index in [0.717, 1.165) is 0 Å². The number of ether oxygens (including phenoxy) is 2. The Bertz CT molecular complexity index is 996. The first-order valence-corrected chi connectivity index (χ1v) is 11.1. The van der Waals surface area contributed by atoms with Gasteiger partial charge in [-0.15, -0.1) is 0 Å². The smallest absolute Gasteiger partial charge is 0.339 e. The monoisotopic (exact) mass is 449 g/mol. The van der Waals surface area contributed by atoms with Gasteiger partial charge in [0, 0.05) is 0 Å². The fourth-order valence-corrected chi connectivity index (χ4v) is 3.67. The molecule has 2 rings (SSSR count). The van der Waals surface area contributed by atoms with Crippen LogP contribution in [0.1, 0.15) is 39.2 Å². The third kappa shape index (κ3) is 6.80. The minimum Gasteiger partial charge on any atom is -0.465 e. The second kappa shape index (κ2) is 9.93. The maximum Gasteiger partial charge on any atom is 0.339 e. The van der Waals surface area contributed by atoms with Crippen LogP contribution < -0.4 is 9.92 Å². The van der Waals surface area contributed by atoms with Gasteiger partial charge in [-0.05, 0) is 57.5 Å². The van der Waals surface area contributed by atoms with Gasteiger partial charge in [0.05, 0.1) is 6.61 Å². The van der Waals surface area contributed by atoms with Gasteiger partial charge in [-0.2, -0.15) is 8.42 Å². The quantitative estimate of drug-likeness (QED) is 0.482. The highest BCUT2D eigenvalue weighted by atomic mass is 32.2. The van der Waals surface area contributed by atoms with E-state index < -0.39 is 39.6 Å². The average molecular weight is 450 g/mol. The molecule has 2 aromatic rings. The lowest BCUT2D eigenvalue weighted by Gasteiger charge is -2.26. The van der Waals surface area contributed by atoms with Crippen molar-refractivity contribution in [3.8, 4) is 5.75 Å². The molecule has 168 valence electrons. The van der Waals surface area contributed by atoms with Crippen molar-refractivity contribution >= 4 is 22.1 Å². The summed E-state index contributed by atoms with van der Waals surface area (Å²) in [7, 11) is -4.01. The van der Waals surface area contributed by atoms with Gasteiger partial charge in [-0.1, -0.05) is 30.3 Å². The van der Waals surface area contributed by atoms with Gasteiger partial charge in [-0.25, -0.2) is 0 Å². The van der Waals surface area contributed by atoms with E-state index in [1.807, 2.05) is 0 Å². The number of hydrogen-bond donors (Lipinski definition) is 1. The Labute approximate surface area is 182 Å². The molecule has 8 nitrogen and oxygen atoms in total. The van der Waals surface area contributed by atoms with E-state index in [4.69, 9.17) is 19.4 Å². The molecule has 0 aliphatic carbocycles. The van der Waals surface area contributed by atoms with E-state index in [0.29, 0.717) is 5.56 Å². The van der Waals surface area contributed by atoms with Crippen LogP contribution in [0.3, 0.4) is 0 Å². The van der Waals surface area contributed by atoms with Gasteiger partial charge in [-0.3, -0.25) is 9.59 Å². The molecule has 9 heteroatoms. The second-order valence-electron chi connectivity index (χ2n) is 7.71. The Morgan fingerprint density at radius 1 is 0.968 bits per heavy atom. The summed E-state index contributed by atoms with van der Waals surface area (Å²) in [5.74, 6) is -2.53. The molecule has 0 saturated carbocycles. The molecule has 0 spiro atoms.